The monoisotopic (exact) mass is 162 g/mol. The summed E-state index contributed by atoms with van der Waals surface area (Å²) in [5.41, 5.74) is 0. The molecule has 0 aromatic carbocycles. The Morgan fingerprint density at radius 1 is 1.30 bits per heavy atom. The van der Waals surface area contributed by atoms with Gasteiger partial charge in [-0.1, -0.05) is 19.8 Å². The first kappa shape index (κ1) is 10.3. The molecule has 0 spiro atoms. The van der Waals surface area contributed by atoms with Crippen molar-refractivity contribution in [3.8, 4) is 0 Å². The Morgan fingerprint density at radius 2 is 1.90 bits per heavy atom. The Kier molecular flexibility index (Phi) is 7.65. The van der Waals surface area contributed by atoms with Crippen LogP contribution in [0.5, 0.6) is 0 Å². The molecule has 0 amide bonds. The highest BCUT2D eigenvalue weighted by molar-refractivity contribution is 7.80. The van der Waals surface area contributed by atoms with E-state index in [1.165, 1.54) is 6.42 Å². The summed E-state index contributed by atoms with van der Waals surface area (Å²) in [6.07, 6.45) is 5.17. The van der Waals surface area contributed by atoms with E-state index in [2.05, 4.69) is 19.6 Å². The molecule has 1 N–H and O–H groups in total. The van der Waals surface area contributed by atoms with E-state index in [0.717, 1.165) is 31.4 Å². The van der Waals surface area contributed by atoms with Crippen molar-refractivity contribution in [2.45, 2.75) is 45.1 Å². The number of aliphatic hydroxyl groups excluding tert-OH is 1. The average molecular weight is 162 g/mol. The fourth-order valence-corrected chi connectivity index (χ4v) is 1.09. The minimum Gasteiger partial charge on any atom is -0.393 e. The Morgan fingerprint density at radius 3 is 2.40 bits per heavy atom. The minimum atomic E-state index is -0.0768. The Balaban J connectivity index is 3.00. The third kappa shape index (κ3) is 6.43. The molecule has 0 heterocycles. The van der Waals surface area contributed by atoms with Crippen molar-refractivity contribution in [3.05, 3.63) is 0 Å². The van der Waals surface area contributed by atoms with Gasteiger partial charge >= 0.3 is 0 Å². The summed E-state index contributed by atoms with van der Waals surface area (Å²) in [7, 11) is 0. The zero-order valence-corrected chi connectivity index (χ0v) is 7.61. The first-order valence-electron chi connectivity index (χ1n) is 4.10. The minimum absolute atomic E-state index is 0.0768. The summed E-state index contributed by atoms with van der Waals surface area (Å²) < 4.78 is 0. The molecule has 0 aliphatic heterocycles. The van der Waals surface area contributed by atoms with Gasteiger partial charge in [0, 0.05) is 0 Å². The highest BCUT2D eigenvalue weighted by Crippen LogP contribution is 2.06. The summed E-state index contributed by atoms with van der Waals surface area (Å²) in [6, 6.07) is 0. The summed E-state index contributed by atoms with van der Waals surface area (Å²) in [4.78, 5) is 0. The smallest absolute Gasteiger partial charge is 0.0540 e. The SMILES string of the molecule is CCCC[C@@H](O)CCCS. The Hall–Kier alpha value is 0.310. The molecule has 2 heteroatoms. The first-order valence-corrected chi connectivity index (χ1v) is 4.73. The average Bonchev–Trinajstić information content (AvgIpc) is 1.97. The van der Waals surface area contributed by atoms with Crippen LogP contribution < -0.4 is 0 Å². The molecule has 0 bridgehead atoms. The van der Waals surface area contributed by atoms with E-state index in [0.29, 0.717) is 0 Å². The molecule has 0 saturated carbocycles. The van der Waals surface area contributed by atoms with Crippen LogP contribution >= 0.6 is 12.6 Å². The maximum Gasteiger partial charge on any atom is 0.0540 e. The number of unbranched alkanes of at least 4 members (excludes halogenated alkanes) is 1. The zero-order chi connectivity index (χ0) is 7.82. The van der Waals surface area contributed by atoms with Crippen molar-refractivity contribution in [1.29, 1.82) is 0 Å². The molecule has 0 fully saturated rings. The van der Waals surface area contributed by atoms with Crippen molar-refractivity contribution >= 4 is 12.6 Å². The van der Waals surface area contributed by atoms with Gasteiger partial charge in [0.1, 0.15) is 0 Å². The predicted octanol–water partition coefficient (Wildman–Crippen LogP) is 2.25. The quantitative estimate of drug-likeness (QED) is 0.574. The van der Waals surface area contributed by atoms with Crippen molar-refractivity contribution in [2.75, 3.05) is 5.75 Å². The van der Waals surface area contributed by atoms with Gasteiger partial charge in [-0.2, -0.15) is 12.6 Å². The summed E-state index contributed by atoms with van der Waals surface area (Å²) in [6.45, 7) is 2.14. The van der Waals surface area contributed by atoms with Crippen LogP contribution in [-0.4, -0.2) is 17.0 Å². The van der Waals surface area contributed by atoms with E-state index in [-0.39, 0.29) is 6.10 Å². The lowest BCUT2D eigenvalue weighted by Gasteiger charge is -2.07. The highest BCUT2D eigenvalue weighted by Gasteiger charge is 2.00. The lowest BCUT2D eigenvalue weighted by molar-refractivity contribution is 0.151. The van der Waals surface area contributed by atoms with Crippen LogP contribution in [0.25, 0.3) is 0 Å². The molecule has 0 saturated heterocycles. The predicted molar refractivity (Wildman–Crippen MR) is 48.6 cm³/mol. The number of hydrogen-bond donors (Lipinski definition) is 2. The second kappa shape index (κ2) is 7.42. The van der Waals surface area contributed by atoms with Gasteiger partial charge in [-0.25, -0.2) is 0 Å². The van der Waals surface area contributed by atoms with E-state index in [4.69, 9.17) is 0 Å². The zero-order valence-electron chi connectivity index (χ0n) is 6.71. The van der Waals surface area contributed by atoms with E-state index < -0.39 is 0 Å². The van der Waals surface area contributed by atoms with Crippen LogP contribution in [0.1, 0.15) is 39.0 Å². The molecule has 0 radical (unpaired) electrons. The third-order valence-corrected chi connectivity index (χ3v) is 1.90. The van der Waals surface area contributed by atoms with E-state index >= 15 is 0 Å². The van der Waals surface area contributed by atoms with Crippen molar-refractivity contribution in [2.24, 2.45) is 0 Å². The van der Waals surface area contributed by atoms with Crippen LogP contribution in [0.15, 0.2) is 0 Å². The van der Waals surface area contributed by atoms with Crippen LogP contribution in [0, 0.1) is 0 Å². The molecule has 62 valence electrons. The maximum absolute atomic E-state index is 9.28. The van der Waals surface area contributed by atoms with E-state index in [9.17, 15) is 5.11 Å². The fourth-order valence-electron chi connectivity index (χ4n) is 0.911. The number of thiol groups is 1. The number of aliphatic hydroxyl groups is 1. The molecule has 0 aromatic rings. The largest absolute Gasteiger partial charge is 0.393 e. The van der Waals surface area contributed by atoms with Gasteiger partial charge in [0.25, 0.3) is 0 Å². The summed E-state index contributed by atoms with van der Waals surface area (Å²) >= 11 is 4.08. The van der Waals surface area contributed by atoms with E-state index in [1.54, 1.807) is 0 Å². The third-order valence-electron chi connectivity index (χ3n) is 1.59. The fraction of sp³-hybridized carbons (Fsp3) is 1.00. The lowest BCUT2D eigenvalue weighted by atomic mass is 10.1. The van der Waals surface area contributed by atoms with Crippen molar-refractivity contribution in [1.82, 2.24) is 0 Å². The molecule has 1 atom stereocenters. The van der Waals surface area contributed by atoms with Crippen LogP contribution in [0.3, 0.4) is 0 Å². The van der Waals surface area contributed by atoms with E-state index in [1.807, 2.05) is 0 Å². The van der Waals surface area contributed by atoms with Crippen LogP contribution in [0.4, 0.5) is 0 Å². The summed E-state index contributed by atoms with van der Waals surface area (Å²) in [5.74, 6) is 0.892. The maximum atomic E-state index is 9.28. The van der Waals surface area contributed by atoms with Gasteiger partial charge in [-0.3, -0.25) is 0 Å². The van der Waals surface area contributed by atoms with Crippen molar-refractivity contribution in [3.63, 3.8) is 0 Å². The molecular weight excluding hydrogens is 144 g/mol. The molecular formula is C8H18OS. The Labute approximate surface area is 69.2 Å². The second-order valence-electron chi connectivity index (χ2n) is 2.66. The molecule has 0 aliphatic carbocycles. The van der Waals surface area contributed by atoms with Gasteiger partial charge in [0.15, 0.2) is 0 Å². The molecule has 10 heavy (non-hydrogen) atoms. The van der Waals surface area contributed by atoms with Gasteiger partial charge in [-0.15, -0.1) is 0 Å². The van der Waals surface area contributed by atoms with Gasteiger partial charge < -0.3 is 5.11 Å². The molecule has 0 rings (SSSR count). The molecule has 0 aromatic heterocycles. The molecule has 0 aliphatic rings. The normalized spacial score (nSPS) is 13.5. The van der Waals surface area contributed by atoms with Gasteiger partial charge in [0.05, 0.1) is 6.10 Å². The standard InChI is InChI=1S/C8H18OS/c1-2-3-5-8(9)6-4-7-10/h8-10H,2-7H2,1H3/t8-/m1/s1. The van der Waals surface area contributed by atoms with Gasteiger partial charge in [-0.05, 0) is 25.0 Å². The Bertz CT molecular complexity index is 58.3. The van der Waals surface area contributed by atoms with Crippen LogP contribution in [0.2, 0.25) is 0 Å². The van der Waals surface area contributed by atoms with Crippen LogP contribution in [-0.2, 0) is 0 Å². The summed E-state index contributed by atoms with van der Waals surface area (Å²) in [5, 5.41) is 9.28. The lowest BCUT2D eigenvalue weighted by Crippen LogP contribution is -2.05. The second-order valence-corrected chi connectivity index (χ2v) is 3.11. The topological polar surface area (TPSA) is 20.2 Å². The molecule has 0 unspecified atom stereocenters. The molecule has 1 nitrogen and oxygen atoms in total. The van der Waals surface area contributed by atoms with Crippen molar-refractivity contribution < 1.29 is 5.11 Å². The number of rotatable bonds is 6. The van der Waals surface area contributed by atoms with Gasteiger partial charge in [0.2, 0.25) is 0 Å². The first-order chi connectivity index (χ1) is 4.81. The highest BCUT2D eigenvalue weighted by atomic mass is 32.1. The number of hydrogen-bond acceptors (Lipinski definition) is 2.